The fraction of sp³-hybridized carbons (Fsp3) is 0.409. The van der Waals surface area contributed by atoms with Gasteiger partial charge < -0.3 is 9.72 Å². The van der Waals surface area contributed by atoms with E-state index in [-0.39, 0.29) is 28.1 Å². The molecule has 1 saturated carbocycles. The summed E-state index contributed by atoms with van der Waals surface area (Å²) in [4.78, 5) is 8.73. The second-order valence-corrected chi connectivity index (χ2v) is 8.96. The number of halogens is 6. The summed E-state index contributed by atoms with van der Waals surface area (Å²) in [6.07, 6.45) is 3.02. The fourth-order valence-electron chi connectivity index (χ4n) is 4.16. The van der Waals surface area contributed by atoms with E-state index >= 15 is 4.39 Å². The number of imidazole rings is 1. The Morgan fingerprint density at radius 1 is 1.29 bits per heavy atom. The minimum Gasteiger partial charge on any atom is -0.369 e. The first-order valence-electron chi connectivity index (χ1n) is 10.8. The van der Waals surface area contributed by atoms with Crippen LogP contribution in [0.4, 0.5) is 27.8 Å². The fourth-order valence-corrected chi connectivity index (χ4v) is 4.46. The van der Waals surface area contributed by atoms with Crippen LogP contribution in [0.25, 0.3) is 27.8 Å². The lowest BCUT2D eigenvalue weighted by Gasteiger charge is -2.19. The Balaban J connectivity index is 1.47. The van der Waals surface area contributed by atoms with E-state index in [9.17, 15) is 17.6 Å². The molecule has 1 aliphatic rings. The number of nitrogens with zero attached hydrogens (tertiary/aromatic N) is 4. The molecule has 0 aliphatic heterocycles. The summed E-state index contributed by atoms with van der Waals surface area (Å²) in [6.45, 7) is 1.51. The Morgan fingerprint density at radius 3 is 2.76 bits per heavy atom. The van der Waals surface area contributed by atoms with E-state index in [4.69, 9.17) is 11.6 Å². The Kier molecular flexibility index (Phi) is 5.62. The van der Waals surface area contributed by atoms with Gasteiger partial charge in [-0.1, -0.05) is 11.6 Å². The lowest BCUT2D eigenvalue weighted by Crippen LogP contribution is -2.19. The third-order valence-electron chi connectivity index (χ3n) is 6.24. The predicted molar refractivity (Wildman–Crippen MR) is 118 cm³/mol. The molecule has 12 heteroatoms. The highest BCUT2D eigenvalue weighted by Crippen LogP contribution is 2.44. The Labute approximate surface area is 195 Å². The quantitative estimate of drug-likeness (QED) is 0.232. The minimum atomic E-state index is -4.66. The molecular formula is C22H20ClF5N6. The van der Waals surface area contributed by atoms with Gasteiger partial charge in [-0.25, -0.2) is 13.8 Å². The molecule has 1 aliphatic carbocycles. The van der Waals surface area contributed by atoms with Crippen molar-refractivity contribution in [3.05, 3.63) is 41.2 Å². The van der Waals surface area contributed by atoms with Gasteiger partial charge in [0.15, 0.2) is 5.65 Å². The smallest absolute Gasteiger partial charge is 0.369 e. The number of hydrogen-bond acceptors (Lipinski definition) is 4. The van der Waals surface area contributed by atoms with Gasteiger partial charge in [-0.05, 0) is 32.1 Å². The number of hydrogen-bond donors (Lipinski definition) is 2. The molecule has 3 aromatic heterocycles. The van der Waals surface area contributed by atoms with E-state index in [0.29, 0.717) is 24.4 Å². The van der Waals surface area contributed by atoms with Gasteiger partial charge in [-0.3, -0.25) is 10.1 Å². The van der Waals surface area contributed by atoms with Crippen molar-refractivity contribution in [1.82, 2.24) is 24.6 Å². The van der Waals surface area contributed by atoms with Gasteiger partial charge in [0, 0.05) is 29.3 Å². The lowest BCUT2D eigenvalue weighted by molar-refractivity contribution is -0.146. The van der Waals surface area contributed by atoms with E-state index in [2.05, 4.69) is 25.5 Å². The van der Waals surface area contributed by atoms with E-state index in [1.807, 2.05) is 0 Å². The van der Waals surface area contributed by atoms with Crippen molar-refractivity contribution >= 4 is 34.0 Å². The summed E-state index contributed by atoms with van der Waals surface area (Å²) < 4.78 is 69.9. The van der Waals surface area contributed by atoms with Crippen LogP contribution < -0.4 is 5.32 Å². The predicted octanol–water partition coefficient (Wildman–Crippen LogP) is 6.28. The molecule has 0 amide bonds. The van der Waals surface area contributed by atoms with Crippen LogP contribution in [0.3, 0.4) is 0 Å². The molecule has 0 saturated heterocycles. The standard InChI is InChI=1S/C22H20ClF5N6/c1-10(22(26,27)28)17-20(25)19(23)18(12-6-31-33-21(12)17)14-8-34-9-15(32-16(34)7-30-14)29-4-2-3-11-5-13(11)24/h6-11,13,29H,2-5H2,1H3,(H,31,33)/t10-,11+,13-/m0/s1. The number of aromatic nitrogens is 5. The van der Waals surface area contributed by atoms with Gasteiger partial charge in [0.05, 0.1) is 40.7 Å². The largest absolute Gasteiger partial charge is 0.395 e. The normalized spacial score (nSPS) is 19.1. The molecule has 0 radical (unpaired) electrons. The van der Waals surface area contributed by atoms with Crippen molar-refractivity contribution in [2.24, 2.45) is 5.92 Å². The maximum Gasteiger partial charge on any atom is 0.395 e. The molecule has 0 spiro atoms. The molecule has 1 fully saturated rings. The summed E-state index contributed by atoms with van der Waals surface area (Å²) in [7, 11) is 0. The summed E-state index contributed by atoms with van der Waals surface area (Å²) in [5.74, 6) is -2.49. The molecule has 1 aromatic carbocycles. The van der Waals surface area contributed by atoms with Crippen LogP contribution >= 0.6 is 11.6 Å². The zero-order valence-corrected chi connectivity index (χ0v) is 18.7. The van der Waals surface area contributed by atoms with Crippen LogP contribution in [0, 0.1) is 11.7 Å². The van der Waals surface area contributed by atoms with Gasteiger partial charge >= 0.3 is 6.18 Å². The summed E-state index contributed by atoms with van der Waals surface area (Å²) in [5.41, 5.74) is 0.230. The van der Waals surface area contributed by atoms with Crippen LogP contribution in [0.1, 0.15) is 37.7 Å². The third-order valence-corrected chi connectivity index (χ3v) is 6.60. The maximum absolute atomic E-state index is 15.2. The Hall–Kier alpha value is -2.95. The van der Waals surface area contributed by atoms with E-state index < -0.39 is 34.7 Å². The van der Waals surface area contributed by atoms with Gasteiger partial charge in [0.25, 0.3) is 0 Å². The van der Waals surface area contributed by atoms with Crippen molar-refractivity contribution in [1.29, 1.82) is 0 Å². The third kappa shape index (κ3) is 4.06. The highest BCUT2D eigenvalue weighted by Gasteiger charge is 2.41. The minimum absolute atomic E-state index is 0.0808. The highest BCUT2D eigenvalue weighted by molar-refractivity contribution is 6.35. The second-order valence-electron chi connectivity index (χ2n) is 8.58. The Morgan fingerprint density at radius 2 is 2.06 bits per heavy atom. The van der Waals surface area contributed by atoms with Crippen LogP contribution in [0.5, 0.6) is 0 Å². The first-order chi connectivity index (χ1) is 16.1. The van der Waals surface area contributed by atoms with Crippen LogP contribution in [0.2, 0.25) is 5.02 Å². The van der Waals surface area contributed by atoms with Crippen molar-refractivity contribution in [2.45, 2.75) is 44.5 Å². The molecular weight excluding hydrogens is 479 g/mol. The monoisotopic (exact) mass is 498 g/mol. The number of H-pyrrole nitrogens is 1. The number of nitrogens with one attached hydrogen (secondary N) is 2. The maximum atomic E-state index is 15.2. The first-order valence-corrected chi connectivity index (χ1v) is 11.2. The molecule has 3 heterocycles. The van der Waals surface area contributed by atoms with Gasteiger partial charge in [0.1, 0.15) is 17.8 Å². The van der Waals surface area contributed by atoms with E-state index in [0.717, 1.165) is 19.8 Å². The molecule has 3 atom stereocenters. The molecule has 180 valence electrons. The van der Waals surface area contributed by atoms with Gasteiger partial charge in [-0.2, -0.15) is 18.3 Å². The molecule has 4 aromatic rings. The summed E-state index contributed by atoms with van der Waals surface area (Å²) in [5, 5.41) is 9.25. The number of aromatic amines is 1. The van der Waals surface area contributed by atoms with E-state index in [1.54, 1.807) is 16.8 Å². The van der Waals surface area contributed by atoms with Crippen LogP contribution in [-0.2, 0) is 0 Å². The van der Waals surface area contributed by atoms with Crippen LogP contribution in [0.15, 0.2) is 24.8 Å². The average molecular weight is 499 g/mol. The SMILES string of the molecule is C[C@@H](c1c(F)c(Cl)c(-c2cn3cc(NCCC[C@@H]4C[C@@H]4F)nc3cn2)c2cn[nH]c12)C(F)(F)F. The van der Waals surface area contributed by atoms with Crippen molar-refractivity contribution in [3.63, 3.8) is 0 Å². The summed E-state index contributed by atoms with van der Waals surface area (Å²) in [6, 6.07) is 0. The Bertz CT molecular complexity index is 1360. The molecule has 2 N–H and O–H groups in total. The van der Waals surface area contributed by atoms with Crippen molar-refractivity contribution in [3.8, 4) is 11.3 Å². The molecule has 0 unspecified atom stereocenters. The van der Waals surface area contributed by atoms with Crippen molar-refractivity contribution < 1.29 is 22.0 Å². The number of anilines is 1. The zero-order chi connectivity index (χ0) is 24.2. The van der Waals surface area contributed by atoms with Gasteiger partial charge in [0.2, 0.25) is 0 Å². The topological polar surface area (TPSA) is 70.9 Å². The molecule has 6 nitrogen and oxygen atoms in total. The number of alkyl halides is 4. The molecule has 5 rings (SSSR count). The first kappa shape index (κ1) is 22.8. The van der Waals surface area contributed by atoms with Crippen LogP contribution in [-0.4, -0.2) is 43.5 Å². The number of rotatable bonds is 7. The van der Waals surface area contributed by atoms with E-state index in [1.165, 1.54) is 12.4 Å². The highest BCUT2D eigenvalue weighted by atomic mass is 35.5. The second kappa shape index (κ2) is 8.37. The molecule has 0 bridgehead atoms. The zero-order valence-electron chi connectivity index (χ0n) is 17.9. The number of fused-ring (bicyclic) bond motifs is 2. The van der Waals surface area contributed by atoms with Gasteiger partial charge in [-0.15, -0.1) is 0 Å². The number of benzene rings is 1. The average Bonchev–Trinajstić information content (AvgIpc) is 3.14. The summed E-state index contributed by atoms with van der Waals surface area (Å²) >= 11 is 6.26. The molecule has 34 heavy (non-hydrogen) atoms. The van der Waals surface area contributed by atoms with Crippen molar-refractivity contribution in [2.75, 3.05) is 11.9 Å². The lowest BCUT2D eigenvalue weighted by atomic mass is 9.94.